The quantitative estimate of drug-likeness (QED) is 0.164. The monoisotopic (exact) mass is 828 g/mol. The van der Waals surface area contributed by atoms with Crippen LogP contribution in [0.4, 0.5) is 27.8 Å². The van der Waals surface area contributed by atoms with Crippen molar-refractivity contribution < 1.29 is 0 Å². The molecule has 4 heterocycles. The van der Waals surface area contributed by atoms with Crippen LogP contribution >= 0.6 is 11.3 Å². The molecule has 6 aromatic carbocycles. The molecule has 4 heteroatoms. The molecule has 0 spiro atoms. The Hall–Kier alpha value is -5.06. The fourth-order valence-corrected chi connectivity index (χ4v) is 13.1. The van der Waals surface area contributed by atoms with Crippen molar-refractivity contribution in [3.8, 4) is 22.3 Å². The zero-order valence-electron chi connectivity index (χ0n) is 38.8. The molecule has 62 heavy (non-hydrogen) atoms. The van der Waals surface area contributed by atoms with Gasteiger partial charge in [-0.3, -0.25) is 0 Å². The Morgan fingerprint density at radius 2 is 1.16 bits per heavy atom. The Morgan fingerprint density at radius 3 is 1.84 bits per heavy atom. The molecule has 0 saturated heterocycles. The van der Waals surface area contributed by atoms with Crippen LogP contribution in [0.3, 0.4) is 0 Å². The first-order valence-corrected chi connectivity index (χ1v) is 24.0. The van der Waals surface area contributed by atoms with Crippen LogP contribution in [0.25, 0.3) is 32.3 Å². The lowest BCUT2D eigenvalue weighted by atomic mass is 9.33. The third kappa shape index (κ3) is 5.60. The summed E-state index contributed by atoms with van der Waals surface area (Å²) in [6.45, 7) is 26.7. The average molecular weight is 829 g/mol. The highest BCUT2D eigenvalue weighted by molar-refractivity contribution is 7.26. The van der Waals surface area contributed by atoms with Gasteiger partial charge in [-0.25, -0.2) is 0 Å². The van der Waals surface area contributed by atoms with Crippen LogP contribution in [0, 0.1) is 0 Å². The van der Waals surface area contributed by atoms with Gasteiger partial charge in [-0.1, -0.05) is 173 Å². The molecule has 2 nitrogen and oxygen atoms in total. The van der Waals surface area contributed by atoms with Crippen molar-refractivity contribution in [2.45, 2.75) is 129 Å². The summed E-state index contributed by atoms with van der Waals surface area (Å²) in [7, 11) is 0. The molecule has 1 saturated carbocycles. The molecule has 0 bridgehead atoms. The summed E-state index contributed by atoms with van der Waals surface area (Å²) in [6.07, 6.45) is 4.91. The Labute approximate surface area is 375 Å². The molecule has 1 fully saturated rings. The molecule has 0 N–H and O–H groups in total. The van der Waals surface area contributed by atoms with E-state index in [1.807, 2.05) is 11.3 Å². The van der Waals surface area contributed by atoms with Gasteiger partial charge in [0.2, 0.25) is 0 Å². The van der Waals surface area contributed by atoms with E-state index in [4.69, 9.17) is 0 Å². The van der Waals surface area contributed by atoms with Gasteiger partial charge in [0.15, 0.2) is 0 Å². The van der Waals surface area contributed by atoms with Crippen molar-refractivity contribution >= 4 is 72.3 Å². The first-order chi connectivity index (χ1) is 29.4. The zero-order valence-corrected chi connectivity index (χ0v) is 39.6. The minimum Gasteiger partial charge on any atom is -0.335 e. The molecule has 1 aliphatic carbocycles. The average Bonchev–Trinajstić information content (AvgIpc) is 3.71. The first-order valence-electron chi connectivity index (χ1n) is 23.2. The zero-order chi connectivity index (χ0) is 43.3. The van der Waals surface area contributed by atoms with Crippen molar-refractivity contribution in [3.63, 3.8) is 0 Å². The van der Waals surface area contributed by atoms with Gasteiger partial charge in [0.05, 0.1) is 16.2 Å². The number of hydrogen-bond acceptors (Lipinski definition) is 3. The molecule has 0 radical (unpaired) electrons. The molecule has 2 unspecified atom stereocenters. The van der Waals surface area contributed by atoms with Gasteiger partial charge in [-0.05, 0) is 127 Å². The molecular formula is C58H61BN2S. The molecular weight excluding hydrogens is 768 g/mol. The largest absolute Gasteiger partial charge is 0.335 e. The minimum absolute atomic E-state index is 0.000309. The number of thiophene rings is 1. The number of anilines is 5. The van der Waals surface area contributed by atoms with Crippen LogP contribution in [0.15, 0.2) is 121 Å². The molecule has 11 rings (SSSR count). The lowest BCUT2D eigenvalue weighted by Gasteiger charge is -2.52. The van der Waals surface area contributed by atoms with Gasteiger partial charge < -0.3 is 9.80 Å². The van der Waals surface area contributed by atoms with Gasteiger partial charge in [0.1, 0.15) is 0 Å². The second-order valence-corrected chi connectivity index (χ2v) is 23.6. The van der Waals surface area contributed by atoms with E-state index in [-0.39, 0.29) is 33.9 Å². The summed E-state index contributed by atoms with van der Waals surface area (Å²) >= 11 is 1.99. The minimum atomic E-state index is -0.0718. The second kappa shape index (κ2) is 13.2. The van der Waals surface area contributed by atoms with E-state index >= 15 is 0 Å². The predicted octanol–water partition coefficient (Wildman–Crippen LogP) is 14.5. The van der Waals surface area contributed by atoms with Crippen LogP contribution in [-0.2, 0) is 21.7 Å². The van der Waals surface area contributed by atoms with Gasteiger partial charge in [-0.2, -0.15) is 0 Å². The molecule has 0 amide bonds. The smallest absolute Gasteiger partial charge is 0.254 e. The first kappa shape index (κ1) is 39.8. The number of hydrogen-bond donors (Lipinski definition) is 0. The number of rotatable bonds is 3. The van der Waals surface area contributed by atoms with Crippen molar-refractivity contribution in [2.24, 2.45) is 0 Å². The Kier molecular flexibility index (Phi) is 8.49. The number of fused-ring (bicyclic) bond motifs is 9. The Balaban J connectivity index is 1.33. The van der Waals surface area contributed by atoms with E-state index in [2.05, 4.69) is 207 Å². The standard InChI is InChI=1S/C58H61BN2S/c1-54(2,3)39-24-26-46(42(32-39)37-22-16-13-17-23-37)60-47-30-38(36-20-14-12-15-21-36)31-48-51(47)59(50-43-33-40(55(4,5)6)25-27-49(43)62-53(50)60)45-35-41(56(7,8)9)34-44-52(45)61(48)58(11)29-19-18-28-57(44,58)10/h12-17,20-27,30-35H,18-19,28-29H2,1-11H3. The van der Waals surface area contributed by atoms with Crippen LogP contribution < -0.4 is 26.2 Å². The summed E-state index contributed by atoms with van der Waals surface area (Å²) in [5.74, 6) is 0. The van der Waals surface area contributed by atoms with E-state index in [1.54, 1.807) is 5.56 Å². The summed E-state index contributed by atoms with van der Waals surface area (Å²) in [6, 6.07) is 47.5. The summed E-state index contributed by atoms with van der Waals surface area (Å²) in [4.78, 5) is 5.62. The summed E-state index contributed by atoms with van der Waals surface area (Å²) in [5, 5.41) is 2.75. The maximum absolute atomic E-state index is 2.91. The van der Waals surface area contributed by atoms with Crippen LogP contribution in [-0.4, -0.2) is 12.3 Å². The highest BCUT2D eigenvalue weighted by atomic mass is 32.1. The molecule has 4 aliphatic rings. The van der Waals surface area contributed by atoms with E-state index in [9.17, 15) is 0 Å². The Bertz CT molecular complexity index is 2960. The summed E-state index contributed by atoms with van der Waals surface area (Å²) in [5.41, 5.74) is 20.6. The topological polar surface area (TPSA) is 6.48 Å². The third-order valence-corrected chi connectivity index (χ3v) is 16.8. The van der Waals surface area contributed by atoms with E-state index < -0.39 is 0 Å². The molecule has 7 aromatic rings. The maximum Gasteiger partial charge on any atom is 0.254 e. The van der Waals surface area contributed by atoms with Crippen molar-refractivity contribution in [2.75, 3.05) is 9.80 Å². The normalized spacial score (nSPS) is 20.3. The van der Waals surface area contributed by atoms with E-state index in [0.29, 0.717) is 0 Å². The van der Waals surface area contributed by atoms with Crippen LogP contribution in [0.2, 0.25) is 0 Å². The third-order valence-electron chi connectivity index (χ3n) is 15.7. The lowest BCUT2D eigenvalue weighted by molar-refractivity contribution is 0.195. The van der Waals surface area contributed by atoms with Crippen molar-refractivity contribution in [1.82, 2.24) is 0 Å². The lowest BCUT2D eigenvalue weighted by Crippen LogP contribution is -2.64. The second-order valence-electron chi connectivity index (χ2n) is 22.6. The van der Waals surface area contributed by atoms with Crippen LogP contribution in [0.5, 0.6) is 0 Å². The van der Waals surface area contributed by atoms with Gasteiger partial charge in [-0.15, -0.1) is 11.3 Å². The van der Waals surface area contributed by atoms with Gasteiger partial charge >= 0.3 is 0 Å². The highest BCUT2D eigenvalue weighted by Gasteiger charge is 2.62. The number of nitrogens with zero attached hydrogens (tertiary/aromatic N) is 2. The summed E-state index contributed by atoms with van der Waals surface area (Å²) < 4.78 is 1.36. The maximum atomic E-state index is 2.91. The molecule has 3 aliphatic heterocycles. The molecule has 312 valence electrons. The van der Waals surface area contributed by atoms with Crippen molar-refractivity contribution in [3.05, 3.63) is 144 Å². The van der Waals surface area contributed by atoms with Crippen molar-refractivity contribution in [1.29, 1.82) is 0 Å². The fourth-order valence-electron chi connectivity index (χ4n) is 11.8. The van der Waals surface area contributed by atoms with Crippen LogP contribution in [0.1, 0.15) is 124 Å². The highest BCUT2D eigenvalue weighted by Crippen LogP contribution is 2.63. The van der Waals surface area contributed by atoms with E-state index in [0.717, 1.165) is 0 Å². The SMILES string of the molecule is CC(C)(C)c1ccc(N2c3cc(-c4ccccc4)cc4c3B(c3cc(C(C)(C)C)cc5c3N4C3(C)CCCCC53C)c3c2sc2ccc(C(C)(C)C)cc32)c(-c2ccccc2)c1. The van der Waals surface area contributed by atoms with E-state index in [1.165, 1.54) is 119 Å². The Morgan fingerprint density at radius 1 is 0.548 bits per heavy atom. The molecule has 1 aromatic heterocycles. The van der Waals surface area contributed by atoms with Gasteiger partial charge in [0.25, 0.3) is 6.71 Å². The fraction of sp³-hybridized carbons (Fsp3) is 0.345. The number of benzene rings is 6. The predicted molar refractivity (Wildman–Crippen MR) is 271 cm³/mol. The van der Waals surface area contributed by atoms with Gasteiger partial charge in [0, 0.05) is 32.7 Å². The molecule has 2 atom stereocenters.